The number of hydrogen-bond donors (Lipinski definition) is 4. The molecule has 1 fully saturated rings. The first-order valence-electron chi connectivity index (χ1n) is 19.4. The van der Waals surface area contributed by atoms with Gasteiger partial charge < -0.3 is 39.4 Å². The first kappa shape index (κ1) is 44.1. The monoisotopic (exact) mass is 762 g/mol. The Bertz CT molecular complexity index is 1650. The van der Waals surface area contributed by atoms with Gasteiger partial charge in [-0.3, -0.25) is 14.4 Å². The molecule has 0 amide bonds. The summed E-state index contributed by atoms with van der Waals surface area (Å²) in [5, 5.41) is 45.2. The summed E-state index contributed by atoms with van der Waals surface area (Å²) >= 11 is 0. The minimum absolute atomic E-state index is 0.0314. The summed E-state index contributed by atoms with van der Waals surface area (Å²) in [7, 11) is 0. The van der Waals surface area contributed by atoms with Crippen LogP contribution in [-0.4, -0.2) is 101 Å². The third kappa shape index (κ3) is 10.4. The number of carbonyl (C=O) groups excluding carboxylic acids is 3. The Morgan fingerprint density at radius 1 is 0.745 bits per heavy atom. The highest BCUT2D eigenvalue weighted by molar-refractivity contribution is 6.15. The zero-order chi connectivity index (χ0) is 40.1. The summed E-state index contributed by atoms with van der Waals surface area (Å²) in [6, 6.07) is 19.8. The van der Waals surface area contributed by atoms with Crippen LogP contribution in [0.4, 0.5) is 0 Å². The largest absolute Gasteiger partial charge is 0.394 e. The predicted molar refractivity (Wildman–Crippen MR) is 208 cm³/mol. The number of hydrogen-bond acceptors (Lipinski definition) is 11. The molecule has 0 aliphatic carbocycles. The number of aliphatic hydroxyl groups is 4. The number of ketones is 3. The lowest BCUT2D eigenvalue weighted by atomic mass is 9.73. The summed E-state index contributed by atoms with van der Waals surface area (Å²) in [5.74, 6) is -4.87. The van der Waals surface area contributed by atoms with Crippen molar-refractivity contribution in [2.75, 3.05) is 33.0 Å². The molecular weight excluding hydrogens is 704 g/mol. The average molecular weight is 763 g/mol. The standard InChI is InChI=1S/C44H58O11/c1-6-8-16-22-52-26-33(53-23-17-9-7-2)27-54-44(43(51)42(50)41(49)36(25-45)55-44)35-24-34(28(3)46)37(29(4)47)38(30(5)48)40(35)39(31-18-12-10-13-19-31)32-20-14-11-15-21-32/h10-15,18-21,24,33,36,39,41-43,45,49-51H,6-9,16-17,22-23,25-27H2,1-5H3/t33?,36-,41-,42+,43-,44?/m1/s1. The van der Waals surface area contributed by atoms with Gasteiger partial charge in [-0.05, 0) is 56.4 Å². The zero-order valence-corrected chi connectivity index (χ0v) is 32.7. The van der Waals surface area contributed by atoms with Crippen LogP contribution >= 0.6 is 0 Å². The Kier molecular flexibility index (Phi) is 16.9. The van der Waals surface area contributed by atoms with Gasteiger partial charge in [-0.2, -0.15) is 0 Å². The number of rotatable bonds is 22. The third-order valence-electron chi connectivity index (χ3n) is 10.1. The second-order valence-corrected chi connectivity index (χ2v) is 14.3. The molecule has 4 N–H and O–H groups in total. The molecule has 2 unspecified atom stereocenters. The maximum Gasteiger partial charge on any atom is 0.225 e. The Morgan fingerprint density at radius 3 is 1.82 bits per heavy atom. The van der Waals surface area contributed by atoms with Crippen molar-refractivity contribution < 1.29 is 53.8 Å². The van der Waals surface area contributed by atoms with E-state index in [0.717, 1.165) is 38.5 Å². The summed E-state index contributed by atoms with van der Waals surface area (Å²) in [6.07, 6.45) is -2.33. The van der Waals surface area contributed by atoms with Crippen LogP contribution in [-0.2, 0) is 24.7 Å². The number of benzene rings is 3. The second kappa shape index (κ2) is 21.0. The molecule has 0 bridgehead atoms. The molecule has 1 aliphatic rings. The van der Waals surface area contributed by atoms with E-state index in [2.05, 4.69) is 13.8 Å². The van der Waals surface area contributed by atoms with E-state index in [-0.39, 0.29) is 41.0 Å². The van der Waals surface area contributed by atoms with E-state index in [1.165, 1.54) is 26.8 Å². The first-order chi connectivity index (χ1) is 26.4. The van der Waals surface area contributed by atoms with Crippen LogP contribution in [0.25, 0.3) is 0 Å². The third-order valence-corrected chi connectivity index (χ3v) is 10.1. The van der Waals surface area contributed by atoms with Crippen molar-refractivity contribution in [3.05, 3.63) is 106 Å². The summed E-state index contributed by atoms with van der Waals surface area (Å²) in [5.41, 5.74) is 1.24. The lowest BCUT2D eigenvalue weighted by Crippen LogP contribution is -2.65. The van der Waals surface area contributed by atoms with Crippen LogP contribution in [0.2, 0.25) is 0 Å². The van der Waals surface area contributed by atoms with Gasteiger partial charge in [0, 0.05) is 41.4 Å². The van der Waals surface area contributed by atoms with Crippen molar-refractivity contribution in [3.63, 3.8) is 0 Å². The molecule has 0 radical (unpaired) electrons. The fourth-order valence-electron chi connectivity index (χ4n) is 7.31. The summed E-state index contributed by atoms with van der Waals surface area (Å²) < 4.78 is 25.4. The Morgan fingerprint density at radius 2 is 1.31 bits per heavy atom. The molecule has 11 heteroatoms. The highest BCUT2D eigenvalue weighted by Gasteiger charge is 2.57. The number of ether oxygens (including phenoxy) is 4. The first-order valence-corrected chi connectivity index (χ1v) is 19.4. The van der Waals surface area contributed by atoms with Crippen LogP contribution in [0.5, 0.6) is 0 Å². The molecule has 300 valence electrons. The molecule has 1 aliphatic heterocycles. The normalized spacial score (nSPS) is 21.8. The summed E-state index contributed by atoms with van der Waals surface area (Å²) in [4.78, 5) is 41.1. The van der Waals surface area contributed by atoms with Crippen LogP contribution in [0.3, 0.4) is 0 Å². The Labute approximate surface area is 324 Å². The minimum Gasteiger partial charge on any atom is -0.394 e. The van der Waals surface area contributed by atoms with Gasteiger partial charge >= 0.3 is 0 Å². The molecule has 55 heavy (non-hydrogen) atoms. The van der Waals surface area contributed by atoms with E-state index in [4.69, 9.17) is 18.9 Å². The SMILES string of the molecule is CCCCCOCC(COC1(c2cc(C(C)=O)c(C(C)=O)c(C(C)=O)c2C(c2ccccc2)c2ccccc2)O[C@H](CO)[C@@H](O)[C@H](O)[C@H]1O)OCCCCC. The molecule has 1 heterocycles. The van der Waals surface area contributed by atoms with Gasteiger partial charge in [-0.1, -0.05) is 100 Å². The van der Waals surface area contributed by atoms with Gasteiger partial charge in [-0.15, -0.1) is 0 Å². The fraction of sp³-hybridized carbons (Fsp3) is 0.523. The van der Waals surface area contributed by atoms with Crippen molar-refractivity contribution >= 4 is 17.3 Å². The van der Waals surface area contributed by atoms with Crippen molar-refractivity contribution in [3.8, 4) is 0 Å². The predicted octanol–water partition coefficient (Wildman–Crippen LogP) is 5.90. The van der Waals surface area contributed by atoms with Crippen LogP contribution in [0, 0.1) is 0 Å². The number of aliphatic hydroxyl groups excluding tert-OH is 4. The van der Waals surface area contributed by atoms with Gasteiger partial charge in [0.05, 0.1) is 19.8 Å². The molecule has 3 aromatic rings. The van der Waals surface area contributed by atoms with E-state index < -0.39 is 66.2 Å². The van der Waals surface area contributed by atoms with Crippen molar-refractivity contribution in [1.29, 1.82) is 0 Å². The van der Waals surface area contributed by atoms with E-state index in [0.29, 0.717) is 24.3 Å². The Balaban J connectivity index is 2.08. The molecule has 0 spiro atoms. The number of unbranched alkanes of at least 4 members (excludes halogenated alkanes) is 4. The molecule has 4 rings (SSSR count). The van der Waals surface area contributed by atoms with Crippen LogP contribution in [0.1, 0.15) is 132 Å². The van der Waals surface area contributed by atoms with Gasteiger partial charge in [-0.25, -0.2) is 0 Å². The van der Waals surface area contributed by atoms with E-state index in [9.17, 15) is 34.8 Å². The van der Waals surface area contributed by atoms with Gasteiger partial charge in [0.1, 0.15) is 30.5 Å². The van der Waals surface area contributed by atoms with Gasteiger partial charge in [0.25, 0.3) is 0 Å². The lowest BCUT2D eigenvalue weighted by molar-refractivity contribution is -0.377. The average Bonchev–Trinajstić information content (AvgIpc) is 3.18. The second-order valence-electron chi connectivity index (χ2n) is 14.3. The fourth-order valence-corrected chi connectivity index (χ4v) is 7.31. The van der Waals surface area contributed by atoms with Gasteiger partial charge in [0.15, 0.2) is 17.3 Å². The quantitative estimate of drug-likeness (QED) is 0.0547. The maximum atomic E-state index is 14.0. The molecule has 0 aromatic heterocycles. The maximum absolute atomic E-state index is 14.0. The number of Topliss-reactive ketones (excluding diaryl/α,β-unsaturated/α-hetero) is 3. The molecule has 11 nitrogen and oxygen atoms in total. The lowest BCUT2D eigenvalue weighted by Gasteiger charge is -2.49. The molecular formula is C44H58O11. The van der Waals surface area contributed by atoms with Crippen molar-refractivity contribution in [1.82, 2.24) is 0 Å². The van der Waals surface area contributed by atoms with E-state index >= 15 is 0 Å². The zero-order valence-electron chi connectivity index (χ0n) is 32.7. The highest BCUT2D eigenvalue weighted by atomic mass is 16.7. The molecule has 0 saturated carbocycles. The number of carbonyl (C=O) groups is 3. The molecule has 3 aromatic carbocycles. The molecule has 1 saturated heterocycles. The topological polar surface area (TPSA) is 169 Å². The van der Waals surface area contributed by atoms with Crippen LogP contribution < -0.4 is 0 Å². The van der Waals surface area contributed by atoms with Crippen LogP contribution in [0.15, 0.2) is 66.7 Å². The van der Waals surface area contributed by atoms with Gasteiger partial charge in [0.2, 0.25) is 5.79 Å². The van der Waals surface area contributed by atoms with E-state index in [1.807, 2.05) is 60.7 Å². The van der Waals surface area contributed by atoms with Crippen molar-refractivity contribution in [2.24, 2.45) is 0 Å². The minimum atomic E-state index is -2.43. The van der Waals surface area contributed by atoms with Crippen molar-refractivity contribution in [2.45, 2.75) is 115 Å². The smallest absolute Gasteiger partial charge is 0.225 e. The van der Waals surface area contributed by atoms with E-state index in [1.54, 1.807) is 0 Å². The molecule has 6 atom stereocenters. The highest BCUT2D eigenvalue weighted by Crippen LogP contribution is 2.48. The summed E-state index contributed by atoms with van der Waals surface area (Å²) in [6.45, 7) is 7.97. The Hall–Kier alpha value is -3.65.